The van der Waals surface area contributed by atoms with Gasteiger partial charge in [0.1, 0.15) is 0 Å². The Hall–Kier alpha value is -3.31. The number of aromatic nitrogens is 5. The summed E-state index contributed by atoms with van der Waals surface area (Å²) in [6.45, 7) is 6.29. The van der Waals surface area contributed by atoms with Crippen LogP contribution in [0, 0.1) is 0 Å². The molecule has 0 aliphatic rings. The summed E-state index contributed by atoms with van der Waals surface area (Å²) in [5.74, 6) is -0.297. The first-order valence-electron chi connectivity index (χ1n) is 9.88. The number of nitrogen functional groups attached to an aromatic ring is 1. The maximum atomic E-state index is 12.8. The molecule has 3 rings (SSSR count). The molecule has 0 atom stereocenters. The maximum Gasteiger partial charge on any atom is 0.293 e. The van der Waals surface area contributed by atoms with Gasteiger partial charge in [-0.3, -0.25) is 9.69 Å². The average Bonchev–Trinajstić information content (AvgIpc) is 3.35. The van der Waals surface area contributed by atoms with Crippen molar-refractivity contribution < 1.29 is 9.42 Å². The number of hydrogen-bond acceptors (Lipinski definition) is 9. The number of carbonyl (C=O) groups excluding carboxylic acids is 1. The summed E-state index contributed by atoms with van der Waals surface area (Å²) < 4.78 is 6.06. The third kappa shape index (κ3) is 5.44. The van der Waals surface area contributed by atoms with Crippen LogP contribution in [0.5, 0.6) is 0 Å². The van der Waals surface area contributed by atoms with Crippen molar-refractivity contribution in [2.45, 2.75) is 33.2 Å². The van der Waals surface area contributed by atoms with Gasteiger partial charge in [0.2, 0.25) is 11.6 Å². The van der Waals surface area contributed by atoms with Crippen LogP contribution in [0.4, 0.5) is 5.82 Å². The van der Waals surface area contributed by atoms with Gasteiger partial charge in [-0.05, 0) is 42.3 Å². The normalized spacial score (nSPS) is 11.5. The lowest BCUT2D eigenvalue weighted by Gasteiger charge is -2.21. The largest absolute Gasteiger partial charge is 0.378 e. The number of nitrogens with zero attached hydrogens (tertiary/aromatic N) is 7. The van der Waals surface area contributed by atoms with E-state index in [0.717, 1.165) is 25.9 Å². The highest BCUT2D eigenvalue weighted by atomic mass is 35.5. The molecule has 0 aliphatic carbocycles. The molecule has 3 aromatic rings. The van der Waals surface area contributed by atoms with Gasteiger partial charge in [-0.2, -0.15) is 9.78 Å². The van der Waals surface area contributed by atoms with Gasteiger partial charge in [-0.15, -0.1) is 5.10 Å². The summed E-state index contributed by atoms with van der Waals surface area (Å²) in [7, 11) is 0. The first kappa shape index (κ1) is 22.4. The number of hydrazone groups is 1. The molecule has 1 amide bonds. The van der Waals surface area contributed by atoms with E-state index in [1.54, 1.807) is 12.1 Å². The number of benzene rings is 1. The van der Waals surface area contributed by atoms with Gasteiger partial charge in [0.15, 0.2) is 5.69 Å². The summed E-state index contributed by atoms with van der Waals surface area (Å²) in [5, 5.41) is 20.0. The fraction of sp³-hybridized carbons (Fsp3) is 0.368. The van der Waals surface area contributed by atoms with Crippen LogP contribution >= 0.6 is 11.6 Å². The Balaban J connectivity index is 1.88. The molecule has 11 nitrogen and oxygen atoms in total. The number of hydrogen-bond donors (Lipinski definition) is 2. The first-order valence-corrected chi connectivity index (χ1v) is 10.3. The van der Waals surface area contributed by atoms with Crippen molar-refractivity contribution in [3.63, 3.8) is 0 Å². The van der Waals surface area contributed by atoms with Crippen LogP contribution in [0.2, 0.25) is 5.02 Å². The Morgan fingerprint density at radius 1 is 1.29 bits per heavy atom. The van der Waals surface area contributed by atoms with Gasteiger partial charge >= 0.3 is 0 Å². The topological polar surface area (TPSA) is 140 Å². The highest BCUT2D eigenvalue weighted by molar-refractivity contribution is 6.33. The van der Waals surface area contributed by atoms with Crippen molar-refractivity contribution in [2.75, 3.05) is 18.8 Å². The van der Waals surface area contributed by atoms with Crippen LogP contribution in [0.15, 0.2) is 34.0 Å². The summed E-state index contributed by atoms with van der Waals surface area (Å²) in [4.78, 5) is 15.0. The average molecular weight is 446 g/mol. The van der Waals surface area contributed by atoms with E-state index < -0.39 is 5.91 Å². The Bertz CT molecular complexity index is 1040. The third-order valence-electron chi connectivity index (χ3n) is 4.40. The second-order valence-corrected chi connectivity index (χ2v) is 7.17. The zero-order chi connectivity index (χ0) is 22.2. The van der Waals surface area contributed by atoms with Crippen LogP contribution in [-0.2, 0) is 6.54 Å². The Morgan fingerprint density at radius 3 is 2.68 bits per heavy atom. The number of rotatable bonds is 10. The number of nitrogens with one attached hydrogen (secondary N) is 1. The lowest BCUT2D eigenvalue weighted by Crippen LogP contribution is -2.28. The molecule has 0 saturated heterocycles. The summed E-state index contributed by atoms with van der Waals surface area (Å²) >= 11 is 6.10. The summed E-state index contributed by atoms with van der Waals surface area (Å²) in [6.07, 6.45) is 3.38. The number of halogens is 1. The van der Waals surface area contributed by atoms with Gasteiger partial charge in [-0.1, -0.05) is 48.9 Å². The second kappa shape index (κ2) is 10.6. The van der Waals surface area contributed by atoms with E-state index in [2.05, 4.69) is 54.5 Å². The number of carbonyl (C=O) groups is 1. The monoisotopic (exact) mass is 445 g/mol. The van der Waals surface area contributed by atoms with E-state index >= 15 is 0 Å². The zero-order valence-corrected chi connectivity index (χ0v) is 18.1. The van der Waals surface area contributed by atoms with Crippen LogP contribution in [0.3, 0.4) is 0 Å². The van der Waals surface area contributed by atoms with Crippen LogP contribution in [0.1, 0.15) is 48.4 Å². The van der Waals surface area contributed by atoms with E-state index in [-0.39, 0.29) is 17.3 Å². The van der Waals surface area contributed by atoms with Gasteiger partial charge in [0.05, 0.1) is 11.9 Å². The summed E-state index contributed by atoms with van der Waals surface area (Å²) in [6, 6.07) is 7.16. The van der Waals surface area contributed by atoms with Gasteiger partial charge in [0, 0.05) is 17.1 Å². The molecule has 164 valence electrons. The molecule has 0 radical (unpaired) electrons. The van der Waals surface area contributed by atoms with Crippen LogP contribution in [-0.4, -0.2) is 55.4 Å². The Labute approximate surface area is 184 Å². The molecule has 0 fully saturated rings. The number of nitrogens with two attached hydrogens (primary N) is 1. The standard InChI is InChI=1S/C19H24ClN9O2/c1-3-9-28(10-4-2)12-15-16(23-27-29(15)18-17(21)25-31-26-18)19(30)24-22-11-13-7-5-6-8-14(13)20/h5-8,11H,3-4,9-10,12H2,1-2H3,(H2,21,25)(H,24,30)/b22-11+. The molecule has 0 unspecified atom stereocenters. The Morgan fingerprint density at radius 2 is 2.03 bits per heavy atom. The van der Waals surface area contributed by atoms with E-state index in [1.165, 1.54) is 10.9 Å². The second-order valence-electron chi connectivity index (χ2n) is 6.77. The van der Waals surface area contributed by atoms with E-state index in [1.807, 2.05) is 12.1 Å². The molecule has 0 saturated carbocycles. The minimum Gasteiger partial charge on any atom is -0.378 e. The van der Waals surface area contributed by atoms with E-state index in [0.29, 0.717) is 22.8 Å². The van der Waals surface area contributed by atoms with E-state index in [9.17, 15) is 4.79 Å². The number of anilines is 1. The lowest BCUT2D eigenvalue weighted by atomic mass is 10.2. The molecule has 3 N–H and O–H groups in total. The predicted molar refractivity (Wildman–Crippen MR) is 116 cm³/mol. The van der Waals surface area contributed by atoms with Gasteiger partial charge in [0.25, 0.3) is 5.91 Å². The minimum absolute atomic E-state index is 0.0485. The predicted octanol–water partition coefficient (Wildman–Crippen LogP) is 2.27. The number of amides is 1. The molecule has 0 bridgehead atoms. The van der Waals surface area contributed by atoms with E-state index in [4.69, 9.17) is 17.3 Å². The highest BCUT2D eigenvalue weighted by Gasteiger charge is 2.25. The molecule has 1 aromatic carbocycles. The summed E-state index contributed by atoms with van der Waals surface area (Å²) in [5.41, 5.74) is 9.59. The van der Waals surface area contributed by atoms with Crippen molar-refractivity contribution in [3.8, 4) is 5.82 Å². The minimum atomic E-state index is -0.521. The SMILES string of the molecule is CCCN(CCC)Cc1c(C(=O)N/N=C/c2ccccc2Cl)nnn1-c1nonc1N. The lowest BCUT2D eigenvalue weighted by molar-refractivity contribution is 0.0947. The van der Waals surface area contributed by atoms with Crippen LogP contribution in [0.25, 0.3) is 5.82 Å². The van der Waals surface area contributed by atoms with Crippen molar-refractivity contribution in [2.24, 2.45) is 5.10 Å². The van der Waals surface area contributed by atoms with Crippen molar-refractivity contribution in [3.05, 3.63) is 46.2 Å². The van der Waals surface area contributed by atoms with Gasteiger partial charge in [-0.25, -0.2) is 10.1 Å². The van der Waals surface area contributed by atoms with Crippen molar-refractivity contribution in [1.29, 1.82) is 0 Å². The van der Waals surface area contributed by atoms with Crippen molar-refractivity contribution >= 4 is 29.5 Å². The smallest absolute Gasteiger partial charge is 0.293 e. The first-order chi connectivity index (χ1) is 15.0. The fourth-order valence-corrected chi connectivity index (χ4v) is 3.22. The zero-order valence-electron chi connectivity index (χ0n) is 17.3. The van der Waals surface area contributed by atoms with Crippen LogP contribution < -0.4 is 11.2 Å². The molecule has 31 heavy (non-hydrogen) atoms. The van der Waals surface area contributed by atoms with Crippen molar-refractivity contribution in [1.82, 2.24) is 35.6 Å². The Kier molecular flexibility index (Phi) is 7.68. The molecular formula is C19H24ClN9O2. The highest BCUT2D eigenvalue weighted by Crippen LogP contribution is 2.18. The maximum absolute atomic E-state index is 12.8. The molecule has 0 spiro atoms. The quantitative estimate of drug-likeness (QED) is 0.357. The third-order valence-corrected chi connectivity index (χ3v) is 4.75. The fourth-order valence-electron chi connectivity index (χ4n) is 3.04. The molecular weight excluding hydrogens is 422 g/mol. The van der Waals surface area contributed by atoms with Gasteiger partial charge < -0.3 is 5.73 Å². The molecule has 12 heteroatoms. The molecule has 2 heterocycles. The molecule has 2 aromatic heterocycles. The molecule has 0 aliphatic heterocycles.